The lowest BCUT2D eigenvalue weighted by molar-refractivity contribution is 0.228. The quantitative estimate of drug-likeness (QED) is 0.656. The maximum atomic E-state index is 9.18. The van der Waals surface area contributed by atoms with E-state index in [-0.39, 0.29) is 0 Å². The molecule has 0 amide bonds. The van der Waals surface area contributed by atoms with Gasteiger partial charge in [-0.2, -0.15) is 0 Å². The van der Waals surface area contributed by atoms with Gasteiger partial charge in [0.2, 0.25) is 0 Å². The number of hydrogen-bond donors (Lipinski definition) is 1. The van der Waals surface area contributed by atoms with E-state index in [0.29, 0.717) is 6.42 Å². The third kappa shape index (κ3) is 3.27. The minimum Gasteiger partial charge on any atom is -0.380 e. The van der Waals surface area contributed by atoms with Crippen LogP contribution in [0.25, 0.3) is 0 Å². The molecule has 0 bridgehead atoms. The fourth-order valence-electron chi connectivity index (χ4n) is 0.810. The van der Waals surface area contributed by atoms with Crippen molar-refractivity contribution in [2.24, 2.45) is 0 Å². The standard InChI is InChI=1S/C11H13NO/c1-3-11(13)7-6-10-5-4-9(2)12-8-10/h4-5,8,11,13H,3H2,1-2H3. The van der Waals surface area contributed by atoms with Crippen LogP contribution in [0.1, 0.15) is 24.6 Å². The van der Waals surface area contributed by atoms with Gasteiger partial charge in [-0.3, -0.25) is 4.98 Å². The summed E-state index contributed by atoms with van der Waals surface area (Å²) in [5.74, 6) is 5.59. The Kier molecular flexibility index (Phi) is 3.48. The molecule has 0 saturated heterocycles. The molecule has 0 radical (unpaired) electrons. The van der Waals surface area contributed by atoms with Crippen molar-refractivity contribution in [2.45, 2.75) is 26.4 Å². The maximum Gasteiger partial charge on any atom is 0.114 e. The van der Waals surface area contributed by atoms with E-state index < -0.39 is 6.10 Å². The minimum absolute atomic E-state index is 0.527. The maximum absolute atomic E-state index is 9.18. The smallest absolute Gasteiger partial charge is 0.114 e. The summed E-state index contributed by atoms with van der Waals surface area (Å²) in [5, 5.41) is 9.18. The van der Waals surface area contributed by atoms with Gasteiger partial charge in [-0.25, -0.2) is 0 Å². The molecule has 1 atom stereocenters. The van der Waals surface area contributed by atoms with E-state index in [9.17, 15) is 5.11 Å². The number of aryl methyl sites for hydroxylation is 1. The van der Waals surface area contributed by atoms with Gasteiger partial charge in [0.1, 0.15) is 6.10 Å². The monoisotopic (exact) mass is 175 g/mol. The van der Waals surface area contributed by atoms with Crippen LogP contribution in [0, 0.1) is 18.8 Å². The Balaban J connectivity index is 2.72. The highest BCUT2D eigenvalue weighted by atomic mass is 16.3. The molecule has 1 N–H and O–H groups in total. The summed E-state index contributed by atoms with van der Waals surface area (Å²) < 4.78 is 0. The Morgan fingerprint density at radius 2 is 2.31 bits per heavy atom. The average molecular weight is 175 g/mol. The molecular formula is C11H13NO. The molecule has 2 nitrogen and oxygen atoms in total. The van der Waals surface area contributed by atoms with Crippen molar-refractivity contribution in [2.75, 3.05) is 0 Å². The Labute approximate surface area is 78.6 Å². The number of aliphatic hydroxyl groups excluding tert-OH is 1. The van der Waals surface area contributed by atoms with E-state index in [2.05, 4.69) is 16.8 Å². The van der Waals surface area contributed by atoms with Crippen molar-refractivity contribution < 1.29 is 5.11 Å². The molecule has 1 heterocycles. The van der Waals surface area contributed by atoms with E-state index in [1.807, 2.05) is 26.0 Å². The second-order valence-corrected chi connectivity index (χ2v) is 2.88. The van der Waals surface area contributed by atoms with Crippen LogP contribution in [0.5, 0.6) is 0 Å². The van der Waals surface area contributed by atoms with Crippen LogP contribution in [0.4, 0.5) is 0 Å². The molecule has 0 aromatic carbocycles. The summed E-state index contributed by atoms with van der Waals surface area (Å²) in [7, 11) is 0. The highest BCUT2D eigenvalue weighted by Crippen LogP contribution is 1.97. The Bertz CT molecular complexity index is 318. The fraction of sp³-hybridized carbons (Fsp3) is 0.364. The molecule has 1 aromatic heterocycles. The number of aliphatic hydroxyl groups is 1. The summed E-state index contributed by atoms with van der Waals surface area (Å²) in [6.07, 6.45) is 1.85. The van der Waals surface area contributed by atoms with Crippen LogP contribution in [0.15, 0.2) is 18.3 Å². The van der Waals surface area contributed by atoms with E-state index in [1.54, 1.807) is 6.20 Å². The van der Waals surface area contributed by atoms with Crippen molar-refractivity contribution >= 4 is 0 Å². The zero-order valence-electron chi connectivity index (χ0n) is 7.91. The summed E-state index contributed by atoms with van der Waals surface area (Å²) in [6, 6.07) is 3.81. The molecule has 0 saturated carbocycles. The van der Waals surface area contributed by atoms with Gasteiger partial charge in [0.15, 0.2) is 0 Å². The molecule has 1 unspecified atom stereocenters. The van der Waals surface area contributed by atoms with Gasteiger partial charge < -0.3 is 5.11 Å². The Morgan fingerprint density at radius 1 is 1.54 bits per heavy atom. The largest absolute Gasteiger partial charge is 0.380 e. The van der Waals surface area contributed by atoms with Crippen molar-refractivity contribution in [3.8, 4) is 11.8 Å². The Hall–Kier alpha value is -1.33. The predicted octanol–water partition coefficient (Wildman–Crippen LogP) is 1.51. The lowest BCUT2D eigenvalue weighted by Gasteiger charge is -1.94. The molecule has 0 fully saturated rings. The molecule has 13 heavy (non-hydrogen) atoms. The summed E-state index contributed by atoms with van der Waals surface area (Å²) in [5.41, 5.74) is 1.82. The summed E-state index contributed by atoms with van der Waals surface area (Å²) in [6.45, 7) is 3.82. The van der Waals surface area contributed by atoms with Crippen molar-refractivity contribution in [3.63, 3.8) is 0 Å². The molecule has 1 rings (SSSR count). The highest BCUT2D eigenvalue weighted by Gasteiger charge is 1.92. The first-order chi connectivity index (χ1) is 6.22. The van der Waals surface area contributed by atoms with Gasteiger partial charge >= 0.3 is 0 Å². The SMILES string of the molecule is CCC(O)C#Cc1ccc(C)nc1. The topological polar surface area (TPSA) is 33.1 Å². The van der Waals surface area contributed by atoms with Crippen LogP contribution in [-0.4, -0.2) is 16.2 Å². The molecular weight excluding hydrogens is 162 g/mol. The molecule has 0 aliphatic rings. The number of nitrogens with zero attached hydrogens (tertiary/aromatic N) is 1. The number of rotatable bonds is 1. The highest BCUT2D eigenvalue weighted by molar-refractivity contribution is 5.33. The zero-order chi connectivity index (χ0) is 9.68. The molecule has 0 aliphatic carbocycles. The van der Waals surface area contributed by atoms with Crippen LogP contribution in [0.2, 0.25) is 0 Å². The first kappa shape index (κ1) is 9.76. The van der Waals surface area contributed by atoms with Crippen LogP contribution in [0.3, 0.4) is 0 Å². The molecule has 0 aliphatic heterocycles. The van der Waals surface area contributed by atoms with Crippen LogP contribution in [-0.2, 0) is 0 Å². The number of pyridine rings is 1. The van der Waals surface area contributed by atoms with Gasteiger partial charge in [0.05, 0.1) is 0 Å². The fourth-order valence-corrected chi connectivity index (χ4v) is 0.810. The van der Waals surface area contributed by atoms with Gasteiger partial charge in [-0.1, -0.05) is 18.8 Å². The molecule has 1 aromatic rings. The van der Waals surface area contributed by atoms with Crippen LogP contribution >= 0.6 is 0 Å². The van der Waals surface area contributed by atoms with Crippen LogP contribution < -0.4 is 0 Å². The van der Waals surface area contributed by atoms with Gasteiger partial charge in [0.25, 0.3) is 0 Å². The minimum atomic E-state index is -0.527. The van der Waals surface area contributed by atoms with E-state index in [4.69, 9.17) is 0 Å². The van der Waals surface area contributed by atoms with Crippen molar-refractivity contribution in [3.05, 3.63) is 29.6 Å². The number of aromatic nitrogens is 1. The third-order valence-electron chi connectivity index (χ3n) is 1.68. The lowest BCUT2D eigenvalue weighted by Crippen LogP contribution is -1.98. The average Bonchev–Trinajstić information content (AvgIpc) is 2.16. The van der Waals surface area contributed by atoms with Gasteiger partial charge in [-0.05, 0) is 25.5 Å². The second-order valence-electron chi connectivity index (χ2n) is 2.88. The van der Waals surface area contributed by atoms with E-state index in [0.717, 1.165) is 11.3 Å². The second kappa shape index (κ2) is 4.64. The van der Waals surface area contributed by atoms with E-state index >= 15 is 0 Å². The molecule has 68 valence electrons. The van der Waals surface area contributed by atoms with Gasteiger partial charge in [-0.15, -0.1) is 0 Å². The van der Waals surface area contributed by atoms with Gasteiger partial charge in [0, 0.05) is 17.5 Å². The summed E-state index contributed by atoms with van der Waals surface area (Å²) in [4.78, 5) is 4.10. The first-order valence-electron chi connectivity index (χ1n) is 4.34. The third-order valence-corrected chi connectivity index (χ3v) is 1.68. The molecule has 2 heteroatoms. The number of hydrogen-bond acceptors (Lipinski definition) is 2. The first-order valence-corrected chi connectivity index (χ1v) is 4.34. The normalized spacial score (nSPS) is 11.6. The zero-order valence-corrected chi connectivity index (χ0v) is 7.91. The van der Waals surface area contributed by atoms with Crippen molar-refractivity contribution in [1.29, 1.82) is 0 Å². The van der Waals surface area contributed by atoms with E-state index in [1.165, 1.54) is 0 Å². The summed E-state index contributed by atoms with van der Waals surface area (Å²) >= 11 is 0. The molecule has 0 spiro atoms. The predicted molar refractivity (Wildman–Crippen MR) is 52.1 cm³/mol. The Morgan fingerprint density at radius 3 is 2.85 bits per heavy atom. The van der Waals surface area contributed by atoms with Crippen molar-refractivity contribution in [1.82, 2.24) is 4.98 Å². The lowest BCUT2D eigenvalue weighted by atomic mass is 10.2.